The molecule has 2 heterocycles. The number of para-hydroxylation sites is 3. The predicted octanol–water partition coefficient (Wildman–Crippen LogP) is 9.76. The van der Waals surface area contributed by atoms with Gasteiger partial charge in [-0.25, -0.2) is 0 Å². The molecule has 0 aliphatic heterocycles. The van der Waals surface area contributed by atoms with Gasteiger partial charge in [-0.1, -0.05) is 91.0 Å². The van der Waals surface area contributed by atoms with Crippen molar-refractivity contribution in [1.29, 1.82) is 0 Å². The van der Waals surface area contributed by atoms with E-state index in [-0.39, 0.29) is 0 Å². The predicted molar refractivity (Wildman–Crippen MR) is 176 cm³/mol. The average molecular weight is 539 g/mol. The lowest BCUT2D eigenvalue weighted by Gasteiger charge is -2.11. The molecule has 0 aliphatic carbocycles. The number of carbonyl (C=O) groups excluding carboxylic acids is 1. The van der Waals surface area contributed by atoms with Crippen molar-refractivity contribution in [1.82, 2.24) is 9.13 Å². The molecule has 3 heteroatoms. The van der Waals surface area contributed by atoms with Gasteiger partial charge < -0.3 is 9.13 Å². The first-order valence-electron chi connectivity index (χ1n) is 14.1. The van der Waals surface area contributed by atoms with Crippen LogP contribution in [0.2, 0.25) is 0 Å². The molecule has 6 aromatic carbocycles. The molecule has 0 atom stereocenters. The Balaban J connectivity index is 1.18. The van der Waals surface area contributed by atoms with Gasteiger partial charge in [0.1, 0.15) is 6.29 Å². The average Bonchev–Trinajstić information content (AvgIpc) is 3.57. The van der Waals surface area contributed by atoms with Crippen LogP contribution in [0.25, 0.3) is 72.2 Å². The highest BCUT2D eigenvalue weighted by atomic mass is 16.1. The smallest absolute Gasteiger partial charge is 0.142 e. The minimum atomic E-state index is 0.813. The number of allylic oxidation sites excluding steroid dienone is 1. The van der Waals surface area contributed by atoms with Crippen molar-refractivity contribution in [2.24, 2.45) is 0 Å². The summed E-state index contributed by atoms with van der Waals surface area (Å²) in [5.74, 6) is 0. The normalized spacial score (nSPS) is 11.8. The molecule has 0 N–H and O–H groups in total. The van der Waals surface area contributed by atoms with E-state index in [1.54, 1.807) is 0 Å². The van der Waals surface area contributed by atoms with Gasteiger partial charge >= 0.3 is 0 Å². The summed E-state index contributed by atoms with van der Waals surface area (Å²) in [7, 11) is 0. The SMILES string of the molecule is O=CC=Cc1ccc2c(c1)c1ccccc1n2-c1ccc(-c2ccc(-n3c4ccccc4c4ccccc43)cc2)cc1. The van der Waals surface area contributed by atoms with Gasteiger partial charge in [0, 0.05) is 32.9 Å². The van der Waals surface area contributed by atoms with Crippen LogP contribution in [0.5, 0.6) is 0 Å². The minimum Gasteiger partial charge on any atom is -0.309 e. The van der Waals surface area contributed by atoms with E-state index in [0.29, 0.717) is 0 Å². The van der Waals surface area contributed by atoms with E-state index in [1.165, 1.54) is 49.8 Å². The van der Waals surface area contributed by atoms with E-state index in [0.717, 1.165) is 34.3 Å². The topological polar surface area (TPSA) is 26.9 Å². The van der Waals surface area contributed by atoms with Crippen LogP contribution in [-0.4, -0.2) is 15.4 Å². The van der Waals surface area contributed by atoms with Gasteiger partial charge in [0.15, 0.2) is 0 Å². The maximum absolute atomic E-state index is 10.8. The minimum absolute atomic E-state index is 0.813. The Morgan fingerprint density at radius 2 is 0.857 bits per heavy atom. The summed E-state index contributed by atoms with van der Waals surface area (Å²) in [6.07, 6.45) is 4.20. The number of benzene rings is 6. The third-order valence-electron chi connectivity index (χ3n) is 8.23. The fourth-order valence-electron chi connectivity index (χ4n) is 6.33. The van der Waals surface area contributed by atoms with Crippen LogP contribution in [0.15, 0.2) is 146 Å². The maximum atomic E-state index is 10.8. The van der Waals surface area contributed by atoms with Crippen LogP contribution < -0.4 is 0 Å². The van der Waals surface area contributed by atoms with Crippen molar-refractivity contribution in [3.8, 4) is 22.5 Å². The summed E-state index contributed by atoms with van der Waals surface area (Å²) in [6.45, 7) is 0. The van der Waals surface area contributed by atoms with Crippen LogP contribution in [0.1, 0.15) is 5.56 Å². The molecular weight excluding hydrogens is 512 g/mol. The lowest BCUT2D eigenvalue weighted by atomic mass is 10.0. The Bertz CT molecular complexity index is 2250. The van der Waals surface area contributed by atoms with Gasteiger partial charge in [0.05, 0.1) is 22.1 Å². The molecule has 0 fully saturated rings. The highest BCUT2D eigenvalue weighted by Gasteiger charge is 2.14. The third kappa shape index (κ3) is 3.79. The third-order valence-corrected chi connectivity index (χ3v) is 8.23. The van der Waals surface area contributed by atoms with Crippen molar-refractivity contribution in [2.45, 2.75) is 0 Å². The Hall–Kier alpha value is -5.67. The maximum Gasteiger partial charge on any atom is 0.142 e. The second kappa shape index (κ2) is 9.76. The first-order valence-corrected chi connectivity index (χ1v) is 14.1. The molecule has 8 aromatic rings. The van der Waals surface area contributed by atoms with E-state index >= 15 is 0 Å². The first kappa shape index (κ1) is 24.2. The van der Waals surface area contributed by atoms with E-state index in [1.807, 2.05) is 6.08 Å². The zero-order valence-corrected chi connectivity index (χ0v) is 22.8. The molecular formula is C39H26N2O. The van der Waals surface area contributed by atoms with Crippen LogP contribution in [-0.2, 0) is 4.79 Å². The van der Waals surface area contributed by atoms with Gasteiger partial charge in [-0.2, -0.15) is 0 Å². The lowest BCUT2D eigenvalue weighted by Crippen LogP contribution is -1.94. The summed E-state index contributed by atoms with van der Waals surface area (Å²) in [4.78, 5) is 10.8. The summed E-state index contributed by atoms with van der Waals surface area (Å²) < 4.78 is 4.66. The number of carbonyl (C=O) groups is 1. The summed E-state index contributed by atoms with van der Waals surface area (Å²) in [6, 6.07) is 49.7. The summed E-state index contributed by atoms with van der Waals surface area (Å²) >= 11 is 0. The first-order chi connectivity index (χ1) is 20.8. The van der Waals surface area contributed by atoms with Crippen LogP contribution >= 0.6 is 0 Å². The number of aromatic nitrogens is 2. The molecule has 0 spiro atoms. The molecule has 0 saturated carbocycles. The molecule has 0 bridgehead atoms. The number of hydrogen-bond donors (Lipinski definition) is 0. The van der Waals surface area contributed by atoms with Crippen LogP contribution in [0.4, 0.5) is 0 Å². The number of aldehydes is 1. The highest BCUT2D eigenvalue weighted by molar-refractivity contribution is 6.10. The number of hydrogen-bond acceptors (Lipinski definition) is 1. The van der Waals surface area contributed by atoms with E-state index in [9.17, 15) is 4.79 Å². The van der Waals surface area contributed by atoms with Gasteiger partial charge in [-0.3, -0.25) is 4.79 Å². The van der Waals surface area contributed by atoms with Gasteiger partial charge in [-0.15, -0.1) is 0 Å². The standard InChI is InChI=1S/C39H26N2O/c42-25-7-8-27-15-24-39-35(26-27)34-11-3-6-14-38(34)41(39)31-22-18-29(19-23-31)28-16-20-30(21-17-28)40-36-12-4-1-9-32(36)33-10-2-5-13-37(33)40/h1-26H. The molecule has 42 heavy (non-hydrogen) atoms. The quantitative estimate of drug-likeness (QED) is 0.158. The summed E-state index contributed by atoms with van der Waals surface area (Å²) in [5, 5.41) is 4.90. The zero-order valence-electron chi connectivity index (χ0n) is 22.8. The van der Waals surface area contributed by atoms with Crippen molar-refractivity contribution < 1.29 is 4.79 Å². The van der Waals surface area contributed by atoms with Crippen molar-refractivity contribution >= 4 is 56.0 Å². The molecule has 0 radical (unpaired) electrons. The van der Waals surface area contributed by atoms with Gasteiger partial charge in [0.2, 0.25) is 0 Å². The van der Waals surface area contributed by atoms with Gasteiger partial charge in [-0.05, 0) is 77.4 Å². The zero-order chi connectivity index (χ0) is 28.0. The molecule has 0 unspecified atom stereocenters. The molecule has 0 amide bonds. The second-order valence-electron chi connectivity index (χ2n) is 10.6. The fourth-order valence-corrected chi connectivity index (χ4v) is 6.33. The molecule has 2 aromatic heterocycles. The second-order valence-corrected chi connectivity index (χ2v) is 10.6. The summed E-state index contributed by atoms with van der Waals surface area (Å²) in [5.41, 5.74) is 10.4. The molecule has 8 rings (SSSR count). The van der Waals surface area contributed by atoms with Crippen molar-refractivity contribution in [3.63, 3.8) is 0 Å². The fraction of sp³-hybridized carbons (Fsp3) is 0. The van der Waals surface area contributed by atoms with Crippen LogP contribution in [0, 0.1) is 0 Å². The van der Waals surface area contributed by atoms with Crippen molar-refractivity contribution in [3.05, 3.63) is 151 Å². The lowest BCUT2D eigenvalue weighted by molar-refractivity contribution is -0.104. The van der Waals surface area contributed by atoms with E-state index in [2.05, 4.69) is 149 Å². The highest BCUT2D eigenvalue weighted by Crippen LogP contribution is 2.35. The number of nitrogens with zero attached hydrogens (tertiary/aromatic N) is 2. The Morgan fingerprint density at radius 1 is 0.429 bits per heavy atom. The van der Waals surface area contributed by atoms with E-state index in [4.69, 9.17) is 0 Å². The Morgan fingerprint density at radius 3 is 1.33 bits per heavy atom. The van der Waals surface area contributed by atoms with E-state index < -0.39 is 0 Å². The van der Waals surface area contributed by atoms with Crippen LogP contribution in [0.3, 0.4) is 0 Å². The van der Waals surface area contributed by atoms with Crippen molar-refractivity contribution in [2.75, 3.05) is 0 Å². The number of fused-ring (bicyclic) bond motifs is 6. The van der Waals surface area contributed by atoms with Gasteiger partial charge in [0.25, 0.3) is 0 Å². The molecule has 3 nitrogen and oxygen atoms in total. The Labute approximate surface area is 243 Å². The molecule has 0 aliphatic rings. The molecule has 198 valence electrons. The monoisotopic (exact) mass is 538 g/mol. The Kier molecular flexibility index (Phi) is 5.61. The largest absolute Gasteiger partial charge is 0.309 e. The molecule has 0 saturated heterocycles. The number of rotatable bonds is 5.